The molecule has 1 aromatic rings. The van der Waals surface area contributed by atoms with Gasteiger partial charge in [0.1, 0.15) is 6.04 Å². The van der Waals surface area contributed by atoms with E-state index in [0.29, 0.717) is 6.42 Å². The van der Waals surface area contributed by atoms with E-state index in [4.69, 9.17) is 5.73 Å². The van der Waals surface area contributed by atoms with Crippen LogP contribution in [0.3, 0.4) is 0 Å². The molecule has 0 fully saturated rings. The van der Waals surface area contributed by atoms with Gasteiger partial charge in [-0.25, -0.2) is 4.79 Å². The van der Waals surface area contributed by atoms with Crippen molar-refractivity contribution in [2.24, 2.45) is 5.92 Å². The normalized spacial score (nSPS) is 12.2. The van der Waals surface area contributed by atoms with Gasteiger partial charge in [0, 0.05) is 0 Å². The number of rotatable bonds is 5. The van der Waals surface area contributed by atoms with E-state index in [-0.39, 0.29) is 17.4 Å². The van der Waals surface area contributed by atoms with Gasteiger partial charge >= 0.3 is 5.97 Å². The molecule has 100 valence electrons. The number of anilines is 1. The molecule has 8 nitrogen and oxygen atoms in total. The third kappa shape index (κ3) is 3.44. The number of hydrogen-bond acceptors (Lipinski definition) is 6. The molecule has 0 aromatic carbocycles. The summed E-state index contributed by atoms with van der Waals surface area (Å²) in [6.45, 7) is 3.87. The summed E-state index contributed by atoms with van der Waals surface area (Å²) in [7, 11) is 1.27. The fourth-order valence-electron chi connectivity index (χ4n) is 1.46. The number of carbonyl (C=O) groups is 2. The monoisotopic (exact) mass is 255 g/mol. The molecular weight excluding hydrogens is 238 g/mol. The molecule has 0 spiro atoms. The number of nitrogens with two attached hydrogens (primary N) is 1. The van der Waals surface area contributed by atoms with Crippen molar-refractivity contribution < 1.29 is 14.3 Å². The molecule has 1 unspecified atom stereocenters. The van der Waals surface area contributed by atoms with Gasteiger partial charge in [0.2, 0.25) is 0 Å². The predicted octanol–water partition coefficient (Wildman–Crippen LogP) is -0.296. The molecule has 0 aliphatic heterocycles. The maximum Gasteiger partial charge on any atom is 0.328 e. The Kier molecular flexibility index (Phi) is 4.64. The highest BCUT2D eigenvalue weighted by atomic mass is 16.5. The number of aromatic amines is 1. The molecule has 0 bridgehead atoms. The number of nitrogens with zero attached hydrogens (tertiary/aromatic N) is 2. The van der Waals surface area contributed by atoms with E-state index in [9.17, 15) is 9.59 Å². The molecule has 0 aliphatic carbocycles. The first-order valence-electron chi connectivity index (χ1n) is 5.50. The number of nitrogen functional groups attached to an aromatic ring is 1. The van der Waals surface area contributed by atoms with Crippen LogP contribution < -0.4 is 11.1 Å². The number of carbonyl (C=O) groups excluding carboxylic acids is 2. The van der Waals surface area contributed by atoms with Crippen molar-refractivity contribution in [1.29, 1.82) is 0 Å². The minimum atomic E-state index is -0.724. The Morgan fingerprint density at radius 2 is 2.11 bits per heavy atom. The van der Waals surface area contributed by atoms with Crippen molar-refractivity contribution in [3.8, 4) is 0 Å². The van der Waals surface area contributed by atoms with Crippen LogP contribution >= 0.6 is 0 Å². The van der Waals surface area contributed by atoms with Crippen LogP contribution in [0.5, 0.6) is 0 Å². The van der Waals surface area contributed by atoms with Crippen LogP contribution in [0.4, 0.5) is 5.82 Å². The first-order chi connectivity index (χ1) is 8.45. The number of esters is 1. The van der Waals surface area contributed by atoms with Crippen LogP contribution in [0.2, 0.25) is 0 Å². The Balaban J connectivity index is 2.74. The maximum absolute atomic E-state index is 11.8. The van der Waals surface area contributed by atoms with Crippen LogP contribution in [-0.4, -0.2) is 40.4 Å². The van der Waals surface area contributed by atoms with E-state index in [1.54, 1.807) is 0 Å². The Morgan fingerprint density at radius 3 is 2.56 bits per heavy atom. The fourth-order valence-corrected chi connectivity index (χ4v) is 1.46. The van der Waals surface area contributed by atoms with E-state index >= 15 is 0 Å². The summed E-state index contributed by atoms with van der Waals surface area (Å²) in [6, 6.07) is -0.724. The summed E-state index contributed by atoms with van der Waals surface area (Å²) in [5, 5.41) is 11.9. The second kappa shape index (κ2) is 5.99. The molecular formula is C10H17N5O3. The summed E-state index contributed by atoms with van der Waals surface area (Å²) >= 11 is 0. The number of nitrogens with one attached hydrogen (secondary N) is 2. The SMILES string of the molecule is COC(=O)C(CC(C)C)NC(=O)c1n[nH]nc1N. The zero-order chi connectivity index (χ0) is 13.7. The molecule has 8 heteroatoms. The number of aromatic nitrogens is 3. The predicted molar refractivity (Wildman–Crippen MR) is 63.5 cm³/mol. The number of hydrogen-bond donors (Lipinski definition) is 3. The third-order valence-corrected chi connectivity index (χ3v) is 2.29. The lowest BCUT2D eigenvalue weighted by Crippen LogP contribution is -2.42. The minimum Gasteiger partial charge on any atom is -0.467 e. The molecule has 18 heavy (non-hydrogen) atoms. The Hall–Kier alpha value is -2.12. The molecule has 0 radical (unpaired) electrons. The van der Waals surface area contributed by atoms with Crippen molar-refractivity contribution in [1.82, 2.24) is 20.7 Å². The van der Waals surface area contributed by atoms with E-state index in [1.807, 2.05) is 13.8 Å². The van der Waals surface area contributed by atoms with Crippen molar-refractivity contribution >= 4 is 17.7 Å². The van der Waals surface area contributed by atoms with E-state index in [2.05, 4.69) is 25.5 Å². The first-order valence-corrected chi connectivity index (χ1v) is 5.50. The van der Waals surface area contributed by atoms with Gasteiger partial charge in [0.25, 0.3) is 5.91 Å². The number of methoxy groups -OCH3 is 1. The maximum atomic E-state index is 11.8. The summed E-state index contributed by atoms with van der Waals surface area (Å²) in [6.07, 6.45) is 0.468. The molecule has 1 rings (SSSR count). The summed E-state index contributed by atoms with van der Waals surface area (Å²) in [5.41, 5.74) is 5.41. The van der Waals surface area contributed by atoms with Gasteiger partial charge in [-0.1, -0.05) is 13.8 Å². The number of H-pyrrole nitrogens is 1. The molecule has 1 heterocycles. The van der Waals surface area contributed by atoms with Crippen molar-refractivity contribution in [2.75, 3.05) is 12.8 Å². The second-order valence-electron chi connectivity index (χ2n) is 4.24. The summed E-state index contributed by atoms with van der Waals surface area (Å²) in [4.78, 5) is 23.3. The summed E-state index contributed by atoms with van der Waals surface area (Å²) < 4.78 is 4.63. The van der Waals surface area contributed by atoms with Crippen LogP contribution in [0.1, 0.15) is 30.8 Å². The Morgan fingerprint density at radius 1 is 1.44 bits per heavy atom. The average Bonchev–Trinajstić information content (AvgIpc) is 2.73. The minimum absolute atomic E-state index is 0.0133. The van der Waals surface area contributed by atoms with Crippen molar-refractivity contribution in [3.05, 3.63) is 5.69 Å². The number of ether oxygens (including phenoxy) is 1. The topological polar surface area (TPSA) is 123 Å². The second-order valence-corrected chi connectivity index (χ2v) is 4.24. The van der Waals surface area contributed by atoms with Gasteiger partial charge < -0.3 is 15.8 Å². The van der Waals surface area contributed by atoms with Gasteiger partial charge in [-0.2, -0.15) is 5.21 Å². The van der Waals surface area contributed by atoms with Gasteiger partial charge in [-0.05, 0) is 12.3 Å². The van der Waals surface area contributed by atoms with Gasteiger partial charge in [0.15, 0.2) is 11.5 Å². The molecule has 0 aliphatic rings. The highest BCUT2D eigenvalue weighted by Gasteiger charge is 2.25. The first kappa shape index (κ1) is 13.9. The average molecular weight is 255 g/mol. The molecule has 0 saturated heterocycles. The van der Waals surface area contributed by atoms with Crippen LogP contribution in [0, 0.1) is 5.92 Å². The molecule has 1 aromatic heterocycles. The largest absolute Gasteiger partial charge is 0.467 e. The van der Waals surface area contributed by atoms with Crippen molar-refractivity contribution in [2.45, 2.75) is 26.3 Å². The fraction of sp³-hybridized carbons (Fsp3) is 0.600. The van der Waals surface area contributed by atoms with Gasteiger partial charge in [-0.3, -0.25) is 4.79 Å². The van der Waals surface area contributed by atoms with Crippen molar-refractivity contribution in [3.63, 3.8) is 0 Å². The molecule has 4 N–H and O–H groups in total. The van der Waals surface area contributed by atoms with E-state index < -0.39 is 17.9 Å². The number of amides is 1. The zero-order valence-electron chi connectivity index (χ0n) is 10.6. The lowest BCUT2D eigenvalue weighted by atomic mass is 10.0. The third-order valence-electron chi connectivity index (χ3n) is 2.29. The lowest BCUT2D eigenvalue weighted by molar-refractivity contribution is -0.143. The smallest absolute Gasteiger partial charge is 0.328 e. The highest BCUT2D eigenvalue weighted by Crippen LogP contribution is 2.08. The van der Waals surface area contributed by atoms with Crippen LogP contribution in [0.25, 0.3) is 0 Å². The van der Waals surface area contributed by atoms with Gasteiger partial charge in [0.05, 0.1) is 7.11 Å². The molecule has 0 saturated carbocycles. The lowest BCUT2D eigenvalue weighted by Gasteiger charge is -2.17. The molecule has 1 amide bonds. The quantitative estimate of drug-likeness (QED) is 0.621. The van der Waals surface area contributed by atoms with E-state index in [1.165, 1.54) is 7.11 Å². The van der Waals surface area contributed by atoms with Gasteiger partial charge in [-0.15, -0.1) is 10.2 Å². The summed E-state index contributed by atoms with van der Waals surface area (Å²) in [5.74, 6) is -0.846. The molecule has 1 atom stereocenters. The standard InChI is InChI=1S/C10H17N5O3/c1-5(2)4-6(10(17)18-3)12-9(16)7-8(11)14-15-13-7/h5-6H,4H2,1-3H3,(H,12,16)(H3,11,13,14,15). The Labute approximate surface area is 104 Å². The zero-order valence-corrected chi connectivity index (χ0v) is 10.6. The van der Waals surface area contributed by atoms with Crippen LogP contribution in [0.15, 0.2) is 0 Å². The highest BCUT2D eigenvalue weighted by molar-refractivity contribution is 5.98. The Bertz CT molecular complexity index is 429. The van der Waals surface area contributed by atoms with Crippen LogP contribution in [-0.2, 0) is 9.53 Å². The van der Waals surface area contributed by atoms with E-state index in [0.717, 1.165) is 0 Å².